The molecule has 9 heteroatoms. The first-order valence-corrected chi connectivity index (χ1v) is 5.67. The van der Waals surface area contributed by atoms with E-state index in [2.05, 4.69) is 0 Å². The maximum Gasteiger partial charge on any atom is 1.00 e. The molecule has 1 atom stereocenters. The van der Waals surface area contributed by atoms with Crippen LogP contribution in [0.1, 0.15) is 18.4 Å². The normalized spacial score (nSPS) is 12.0. The number of carboxylic acids is 2. The minimum absolute atomic E-state index is 0. The molecule has 0 amide bonds. The van der Waals surface area contributed by atoms with Crippen LogP contribution in [0.25, 0.3) is 0 Å². The van der Waals surface area contributed by atoms with E-state index in [0.29, 0.717) is 5.56 Å². The zero-order valence-electron chi connectivity index (χ0n) is 12.4. The zero-order valence-corrected chi connectivity index (χ0v) is 16.4. The summed E-state index contributed by atoms with van der Waals surface area (Å²) in [4.78, 5) is 32.5. The largest absolute Gasteiger partial charge is 1.00 e. The molecule has 1 rings (SSSR count). The molecule has 0 fully saturated rings. The minimum atomic E-state index is -2.84. The Balaban J connectivity index is 0. The van der Waals surface area contributed by atoms with Gasteiger partial charge in [0.2, 0.25) is 0 Å². The van der Waals surface area contributed by atoms with Gasteiger partial charge in [0.25, 0.3) is 0 Å². The van der Waals surface area contributed by atoms with Gasteiger partial charge in [-0.3, -0.25) is 4.79 Å². The average Bonchev–Trinajstić information content (AvgIpc) is 2.36. The van der Waals surface area contributed by atoms with Crippen LogP contribution in [0.5, 0.6) is 0 Å². The summed E-state index contributed by atoms with van der Waals surface area (Å²) >= 11 is 0. The maximum atomic E-state index is 11.4. The van der Waals surface area contributed by atoms with Gasteiger partial charge in [-0.2, -0.15) is 0 Å². The average molecular weight is 326 g/mol. The van der Waals surface area contributed by atoms with E-state index in [1.807, 2.05) is 0 Å². The molecule has 0 bridgehead atoms. The number of hydrogen-bond acceptors (Lipinski definition) is 7. The number of aliphatic hydroxyl groups is 1. The summed E-state index contributed by atoms with van der Waals surface area (Å²) in [5.41, 5.74) is -2.18. The van der Waals surface area contributed by atoms with Crippen molar-refractivity contribution in [3.63, 3.8) is 0 Å². The molecule has 1 aromatic carbocycles. The third kappa shape index (κ3) is 8.28. The van der Waals surface area contributed by atoms with Crippen molar-refractivity contribution in [3.05, 3.63) is 35.9 Å². The topological polar surface area (TPSA) is 127 Å². The van der Waals surface area contributed by atoms with Crippen LogP contribution >= 0.6 is 0 Å². The summed E-state index contributed by atoms with van der Waals surface area (Å²) in [6.45, 7) is -0.117. The van der Waals surface area contributed by atoms with Gasteiger partial charge in [-0.25, -0.2) is 0 Å². The number of hydrogen-bond donors (Lipinski definition) is 1. The number of benzene rings is 1. The Morgan fingerprint density at radius 2 is 1.59 bits per heavy atom. The number of aliphatic carboxylic acids is 2. The third-order valence-corrected chi connectivity index (χ3v) is 2.50. The van der Waals surface area contributed by atoms with E-state index in [0.717, 1.165) is 0 Å². The molecule has 0 heterocycles. The van der Waals surface area contributed by atoms with Gasteiger partial charge in [0.1, 0.15) is 12.2 Å². The van der Waals surface area contributed by atoms with Crippen LogP contribution in [-0.4, -0.2) is 28.6 Å². The summed E-state index contributed by atoms with van der Waals surface area (Å²) in [5, 5.41) is 30.6. The van der Waals surface area contributed by atoms with Gasteiger partial charge in [0.15, 0.2) is 0 Å². The molecule has 0 saturated carbocycles. The smallest absolute Gasteiger partial charge is 0.550 e. The molecule has 0 aliphatic rings. The van der Waals surface area contributed by atoms with E-state index in [9.17, 15) is 29.7 Å². The molecule has 0 spiro atoms. The van der Waals surface area contributed by atoms with Gasteiger partial charge < -0.3 is 29.6 Å². The Morgan fingerprint density at radius 3 is 2.05 bits per heavy atom. The summed E-state index contributed by atoms with van der Waals surface area (Å²) in [5.74, 6) is -4.94. The van der Waals surface area contributed by atoms with Crippen molar-refractivity contribution in [2.45, 2.75) is 25.0 Å². The molecule has 1 N–H and O–H groups in total. The van der Waals surface area contributed by atoms with Crippen molar-refractivity contribution < 1.29 is 93.6 Å². The van der Waals surface area contributed by atoms with Crippen LogP contribution in [0.15, 0.2) is 30.3 Å². The molecular formula is C13H12Na2O7. The summed E-state index contributed by atoms with van der Waals surface area (Å²) in [6, 6.07) is 8.56. The number of carbonyl (C=O) groups is 3. The summed E-state index contributed by atoms with van der Waals surface area (Å²) < 4.78 is 4.75. The summed E-state index contributed by atoms with van der Waals surface area (Å²) in [6.07, 6.45) is -2.29. The van der Waals surface area contributed by atoms with Gasteiger partial charge in [0.05, 0.1) is 12.4 Å². The number of ether oxygens (including phenoxy) is 1. The Morgan fingerprint density at radius 1 is 1.05 bits per heavy atom. The molecule has 1 aromatic rings. The van der Waals surface area contributed by atoms with Crippen molar-refractivity contribution in [2.75, 3.05) is 0 Å². The first-order chi connectivity index (χ1) is 9.33. The van der Waals surface area contributed by atoms with Crippen LogP contribution in [0.3, 0.4) is 0 Å². The fourth-order valence-corrected chi connectivity index (χ4v) is 1.47. The van der Waals surface area contributed by atoms with Crippen LogP contribution in [0, 0.1) is 0 Å². The molecule has 0 aromatic heterocycles. The van der Waals surface area contributed by atoms with Crippen molar-refractivity contribution in [3.8, 4) is 0 Å². The quantitative estimate of drug-likeness (QED) is 0.389. The second kappa shape index (κ2) is 11.2. The van der Waals surface area contributed by atoms with Crippen LogP contribution in [0.4, 0.5) is 0 Å². The molecular weight excluding hydrogens is 314 g/mol. The summed E-state index contributed by atoms with van der Waals surface area (Å²) in [7, 11) is 0. The van der Waals surface area contributed by atoms with Gasteiger partial charge in [-0.05, 0) is 5.56 Å². The van der Waals surface area contributed by atoms with Crippen LogP contribution in [-0.2, 0) is 25.7 Å². The Hall–Kier alpha value is -0.410. The standard InChI is InChI=1S/C13H14O7.2Na/c14-10(15)6-13(19,12(17)18)7-11(16)20-8-9-4-2-1-3-5-9;;/h1-5,19H,6-8H2,(H,14,15)(H,17,18);;/q;2*+1/p-2. The first kappa shape index (κ1) is 23.9. The van der Waals surface area contributed by atoms with E-state index in [1.54, 1.807) is 30.3 Å². The molecule has 0 aliphatic carbocycles. The predicted octanol–water partition coefficient (Wildman–Crippen LogP) is -8.25. The van der Waals surface area contributed by atoms with Crippen LogP contribution in [0.2, 0.25) is 0 Å². The van der Waals surface area contributed by atoms with Gasteiger partial charge in [-0.1, -0.05) is 30.3 Å². The van der Waals surface area contributed by atoms with E-state index >= 15 is 0 Å². The van der Waals surface area contributed by atoms with Crippen LogP contribution < -0.4 is 69.3 Å². The molecule has 0 aliphatic heterocycles. The molecule has 0 radical (unpaired) electrons. The fourth-order valence-electron chi connectivity index (χ4n) is 1.47. The Bertz CT molecular complexity index is 506. The molecule has 7 nitrogen and oxygen atoms in total. The Labute approximate surface area is 171 Å². The maximum absolute atomic E-state index is 11.4. The van der Waals surface area contributed by atoms with Gasteiger partial charge >= 0.3 is 65.1 Å². The number of carbonyl (C=O) groups excluding carboxylic acids is 3. The van der Waals surface area contributed by atoms with E-state index in [-0.39, 0.29) is 65.7 Å². The number of rotatable bonds is 7. The monoisotopic (exact) mass is 326 g/mol. The Kier molecular flexibility index (Phi) is 12.1. The molecule has 108 valence electrons. The van der Waals surface area contributed by atoms with Gasteiger partial charge in [-0.15, -0.1) is 0 Å². The van der Waals surface area contributed by atoms with E-state index in [4.69, 9.17) is 4.74 Å². The second-order valence-electron chi connectivity index (χ2n) is 4.19. The molecule has 0 saturated heterocycles. The second-order valence-corrected chi connectivity index (χ2v) is 4.19. The van der Waals surface area contributed by atoms with Crippen molar-refractivity contribution in [2.24, 2.45) is 0 Å². The van der Waals surface area contributed by atoms with Crippen molar-refractivity contribution >= 4 is 17.9 Å². The molecule has 22 heavy (non-hydrogen) atoms. The number of esters is 1. The van der Waals surface area contributed by atoms with Crippen molar-refractivity contribution in [1.29, 1.82) is 0 Å². The predicted molar refractivity (Wildman–Crippen MR) is 60.4 cm³/mol. The van der Waals surface area contributed by atoms with Crippen molar-refractivity contribution in [1.82, 2.24) is 0 Å². The van der Waals surface area contributed by atoms with E-state index < -0.39 is 36.4 Å². The fraction of sp³-hybridized carbons (Fsp3) is 0.308. The number of carboxylic acid groups (broad SMARTS) is 2. The molecule has 1 unspecified atom stereocenters. The zero-order chi connectivity index (χ0) is 15.2. The van der Waals surface area contributed by atoms with Gasteiger partial charge in [0, 0.05) is 12.4 Å². The van der Waals surface area contributed by atoms with E-state index in [1.165, 1.54) is 0 Å². The minimum Gasteiger partial charge on any atom is -0.550 e. The third-order valence-electron chi connectivity index (χ3n) is 2.50. The SMILES string of the molecule is O=C([O-])CC(O)(CC(=O)OCc1ccccc1)C(=O)[O-].[Na+].[Na+]. The first-order valence-electron chi connectivity index (χ1n) is 5.67.